The molecule has 0 saturated carbocycles. The van der Waals surface area contributed by atoms with Crippen LogP contribution in [0.5, 0.6) is 5.75 Å². The smallest absolute Gasteiger partial charge is 0.258 e. The number of unbranched alkanes of at least 4 members (excludes halogenated alkanes) is 1. The molecule has 1 heterocycles. The van der Waals surface area contributed by atoms with Crippen LogP contribution in [-0.4, -0.2) is 16.7 Å². The Balaban J connectivity index is 1.80. The van der Waals surface area contributed by atoms with Crippen LogP contribution in [0.2, 0.25) is 0 Å². The minimum atomic E-state index is -0.297. The second kappa shape index (κ2) is 7.05. The van der Waals surface area contributed by atoms with E-state index in [1.54, 1.807) is 12.1 Å². The van der Waals surface area contributed by atoms with Crippen LogP contribution in [0.15, 0.2) is 53.1 Å². The van der Waals surface area contributed by atoms with Crippen molar-refractivity contribution in [2.24, 2.45) is 0 Å². The molecular weight excluding hydrogens is 295 g/mol. The molecule has 0 N–H and O–H groups in total. The Morgan fingerprint density at radius 2 is 1.91 bits per heavy atom. The normalized spacial score (nSPS) is 10.7. The lowest BCUT2D eigenvalue weighted by molar-refractivity contribution is 0.309. The molecule has 0 bridgehead atoms. The first-order chi connectivity index (χ1) is 11.3. The van der Waals surface area contributed by atoms with Gasteiger partial charge < -0.3 is 9.26 Å². The molecule has 118 valence electrons. The summed E-state index contributed by atoms with van der Waals surface area (Å²) < 4.78 is 24.0. The van der Waals surface area contributed by atoms with E-state index in [0.29, 0.717) is 23.9 Å². The van der Waals surface area contributed by atoms with Gasteiger partial charge in [-0.2, -0.15) is 4.98 Å². The summed E-state index contributed by atoms with van der Waals surface area (Å²) in [6, 6.07) is 13.5. The van der Waals surface area contributed by atoms with Crippen LogP contribution in [0.25, 0.3) is 22.8 Å². The Kier molecular flexibility index (Phi) is 4.66. The average molecular weight is 312 g/mol. The van der Waals surface area contributed by atoms with Crippen molar-refractivity contribution >= 4 is 0 Å². The summed E-state index contributed by atoms with van der Waals surface area (Å²) in [5.41, 5.74) is 1.50. The summed E-state index contributed by atoms with van der Waals surface area (Å²) in [5, 5.41) is 3.95. The molecule has 23 heavy (non-hydrogen) atoms. The molecule has 0 aliphatic heterocycles. The fraction of sp³-hybridized carbons (Fsp3) is 0.222. The third kappa shape index (κ3) is 3.74. The molecule has 3 aromatic rings. The number of nitrogens with zero attached hydrogens (tertiary/aromatic N) is 2. The SMILES string of the molecule is CCCCOc1cccc(-c2nc(-c3ccc(F)cc3)no2)c1. The third-order valence-corrected chi connectivity index (χ3v) is 3.38. The number of rotatable bonds is 6. The lowest BCUT2D eigenvalue weighted by Crippen LogP contribution is -1.96. The molecule has 1 aromatic heterocycles. The van der Waals surface area contributed by atoms with Gasteiger partial charge in [0.05, 0.1) is 6.61 Å². The summed E-state index contributed by atoms with van der Waals surface area (Å²) in [6.45, 7) is 2.81. The second-order valence-electron chi connectivity index (χ2n) is 5.16. The number of ether oxygens (including phenoxy) is 1. The van der Waals surface area contributed by atoms with Gasteiger partial charge in [0.15, 0.2) is 0 Å². The zero-order chi connectivity index (χ0) is 16.1. The second-order valence-corrected chi connectivity index (χ2v) is 5.16. The molecule has 0 spiro atoms. The van der Waals surface area contributed by atoms with Gasteiger partial charge in [0.2, 0.25) is 5.82 Å². The summed E-state index contributed by atoms with van der Waals surface area (Å²) >= 11 is 0. The predicted octanol–water partition coefficient (Wildman–Crippen LogP) is 4.72. The van der Waals surface area contributed by atoms with E-state index in [9.17, 15) is 4.39 Å². The number of halogens is 1. The van der Waals surface area contributed by atoms with Crippen LogP contribution in [0, 0.1) is 5.82 Å². The summed E-state index contributed by atoms with van der Waals surface area (Å²) in [7, 11) is 0. The van der Waals surface area contributed by atoms with E-state index >= 15 is 0 Å². The van der Waals surface area contributed by atoms with Crippen LogP contribution < -0.4 is 4.74 Å². The molecule has 4 nitrogen and oxygen atoms in total. The zero-order valence-corrected chi connectivity index (χ0v) is 12.8. The minimum Gasteiger partial charge on any atom is -0.494 e. The van der Waals surface area contributed by atoms with Crippen molar-refractivity contribution in [2.45, 2.75) is 19.8 Å². The standard InChI is InChI=1S/C18H17FN2O2/c1-2-3-11-22-16-6-4-5-14(12-16)18-20-17(21-23-18)13-7-9-15(19)10-8-13/h4-10,12H,2-3,11H2,1H3. The van der Waals surface area contributed by atoms with E-state index in [2.05, 4.69) is 17.1 Å². The van der Waals surface area contributed by atoms with Gasteiger partial charge in [-0.15, -0.1) is 0 Å². The predicted molar refractivity (Wildman–Crippen MR) is 85.5 cm³/mol. The summed E-state index contributed by atoms with van der Waals surface area (Å²) in [5.74, 6) is 1.31. The van der Waals surface area contributed by atoms with Gasteiger partial charge in [0, 0.05) is 11.1 Å². The monoisotopic (exact) mass is 312 g/mol. The maximum absolute atomic E-state index is 13.0. The van der Waals surface area contributed by atoms with Crippen LogP contribution >= 0.6 is 0 Å². The molecular formula is C18H17FN2O2. The van der Waals surface area contributed by atoms with Gasteiger partial charge in [-0.3, -0.25) is 0 Å². The van der Waals surface area contributed by atoms with Gasteiger partial charge in [0.1, 0.15) is 11.6 Å². The lowest BCUT2D eigenvalue weighted by Gasteiger charge is -2.05. The van der Waals surface area contributed by atoms with Gasteiger partial charge in [-0.25, -0.2) is 4.39 Å². The van der Waals surface area contributed by atoms with Gasteiger partial charge in [-0.1, -0.05) is 24.6 Å². The lowest BCUT2D eigenvalue weighted by atomic mass is 10.2. The Bertz CT molecular complexity index is 769. The van der Waals surface area contributed by atoms with Crippen molar-refractivity contribution in [3.05, 3.63) is 54.3 Å². The topological polar surface area (TPSA) is 48.2 Å². The van der Waals surface area contributed by atoms with Crippen molar-refractivity contribution in [2.75, 3.05) is 6.61 Å². The molecule has 0 fully saturated rings. The van der Waals surface area contributed by atoms with E-state index in [4.69, 9.17) is 9.26 Å². The van der Waals surface area contributed by atoms with E-state index in [1.165, 1.54) is 12.1 Å². The molecule has 2 aromatic carbocycles. The highest BCUT2D eigenvalue weighted by atomic mass is 19.1. The highest BCUT2D eigenvalue weighted by molar-refractivity contribution is 5.60. The van der Waals surface area contributed by atoms with Gasteiger partial charge in [-0.05, 0) is 48.9 Å². The molecule has 3 rings (SSSR count). The van der Waals surface area contributed by atoms with Crippen LogP contribution in [0.4, 0.5) is 4.39 Å². The van der Waals surface area contributed by atoms with E-state index < -0.39 is 0 Å². The number of hydrogen-bond acceptors (Lipinski definition) is 4. The first kappa shape index (κ1) is 15.2. The third-order valence-electron chi connectivity index (χ3n) is 3.38. The van der Waals surface area contributed by atoms with Crippen molar-refractivity contribution in [3.8, 4) is 28.6 Å². The van der Waals surface area contributed by atoms with Gasteiger partial charge in [0.25, 0.3) is 5.89 Å². The largest absolute Gasteiger partial charge is 0.494 e. The minimum absolute atomic E-state index is 0.297. The molecule has 0 unspecified atom stereocenters. The first-order valence-electron chi connectivity index (χ1n) is 7.59. The van der Waals surface area contributed by atoms with Crippen LogP contribution in [0.3, 0.4) is 0 Å². The van der Waals surface area contributed by atoms with Gasteiger partial charge >= 0.3 is 0 Å². The Morgan fingerprint density at radius 3 is 2.70 bits per heavy atom. The molecule has 0 amide bonds. The van der Waals surface area contributed by atoms with Crippen LogP contribution in [0.1, 0.15) is 19.8 Å². The molecule has 0 aliphatic carbocycles. The molecule has 0 aliphatic rings. The van der Waals surface area contributed by atoms with Crippen molar-refractivity contribution < 1.29 is 13.7 Å². The highest BCUT2D eigenvalue weighted by Gasteiger charge is 2.11. The fourth-order valence-corrected chi connectivity index (χ4v) is 2.11. The summed E-state index contributed by atoms with van der Waals surface area (Å²) in [6.07, 6.45) is 2.10. The van der Waals surface area contributed by atoms with E-state index in [0.717, 1.165) is 24.2 Å². The van der Waals surface area contributed by atoms with Crippen molar-refractivity contribution in [3.63, 3.8) is 0 Å². The first-order valence-corrected chi connectivity index (χ1v) is 7.59. The van der Waals surface area contributed by atoms with Crippen LogP contribution in [-0.2, 0) is 0 Å². The Hall–Kier alpha value is -2.69. The number of hydrogen-bond donors (Lipinski definition) is 0. The number of benzene rings is 2. The highest BCUT2D eigenvalue weighted by Crippen LogP contribution is 2.25. The Labute approximate surface area is 133 Å². The van der Waals surface area contributed by atoms with E-state index in [1.807, 2.05) is 24.3 Å². The molecule has 0 atom stereocenters. The number of aromatic nitrogens is 2. The maximum atomic E-state index is 13.0. The van der Waals surface area contributed by atoms with E-state index in [-0.39, 0.29) is 5.82 Å². The Morgan fingerprint density at radius 1 is 1.09 bits per heavy atom. The van der Waals surface area contributed by atoms with Crippen molar-refractivity contribution in [1.82, 2.24) is 10.1 Å². The van der Waals surface area contributed by atoms with Crippen molar-refractivity contribution in [1.29, 1.82) is 0 Å². The molecule has 5 heteroatoms. The summed E-state index contributed by atoms with van der Waals surface area (Å²) in [4.78, 5) is 4.36. The molecule has 0 saturated heterocycles. The maximum Gasteiger partial charge on any atom is 0.258 e. The quantitative estimate of drug-likeness (QED) is 0.618. The molecule has 0 radical (unpaired) electrons. The fourth-order valence-electron chi connectivity index (χ4n) is 2.11. The average Bonchev–Trinajstić information content (AvgIpc) is 3.06. The zero-order valence-electron chi connectivity index (χ0n) is 12.8.